The van der Waals surface area contributed by atoms with Crippen LogP contribution in [-0.2, 0) is 0 Å². The minimum atomic E-state index is -0.326. The average molecular weight is 408 g/mol. The number of nitrogens with one attached hydrogen (secondary N) is 2. The number of benzene rings is 2. The molecule has 150 valence electrons. The molecule has 2 N–H and O–H groups in total. The molecular formula is C23H25N3O2S. The first-order valence-electron chi connectivity index (χ1n) is 9.41. The van der Waals surface area contributed by atoms with Gasteiger partial charge in [0.2, 0.25) is 0 Å². The predicted molar refractivity (Wildman–Crippen MR) is 121 cm³/mol. The number of aromatic amines is 2. The molecule has 5 nitrogen and oxygen atoms in total. The Morgan fingerprint density at radius 3 is 2.10 bits per heavy atom. The minimum absolute atomic E-state index is 0.240. The molecule has 2 aromatic carbocycles. The lowest BCUT2D eigenvalue weighted by atomic mass is 10.1. The molecule has 0 unspecified atom stereocenters. The summed E-state index contributed by atoms with van der Waals surface area (Å²) < 4.78 is 0. The van der Waals surface area contributed by atoms with Gasteiger partial charge in [-0.1, -0.05) is 42.0 Å². The Kier molecular flexibility index (Phi) is 6.90. The summed E-state index contributed by atoms with van der Waals surface area (Å²) in [7, 11) is 4.11. The van der Waals surface area contributed by atoms with Crippen LogP contribution >= 0.6 is 11.8 Å². The molecule has 0 amide bonds. The number of rotatable bonds is 6. The van der Waals surface area contributed by atoms with Crippen molar-refractivity contribution >= 4 is 23.9 Å². The number of nitrogens with zero attached hydrogens (tertiary/aromatic N) is 1. The maximum Gasteiger partial charge on any atom is 0.272 e. The van der Waals surface area contributed by atoms with Crippen molar-refractivity contribution in [3.05, 3.63) is 96.6 Å². The molecule has 0 spiro atoms. The Balaban J connectivity index is 1.86. The summed E-state index contributed by atoms with van der Waals surface area (Å²) in [6.07, 6.45) is 3.36. The van der Waals surface area contributed by atoms with Gasteiger partial charge in [0, 0.05) is 17.2 Å². The van der Waals surface area contributed by atoms with Gasteiger partial charge in [-0.15, -0.1) is 11.8 Å². The Labute approximate surface area is 173 Å². The van der Waals surface area contributed by atoms with Crippen LogP contribution in [0.4, 0.5) is 0 Å². The molecule has 0 saturated heterocycles. The quantitative estimate of drug-likeness (QED) is 0.610. The molecule has 0 fully saturated rings. The summed E-state index contributed by atoms with van der Waals surface area (Å²) in [6, 6.07) is 15.7. The summed E-state index contributed by atoms with van der Waals surface area (Å²) in [5.74, 6) is 1.02. The van der Waals surface area contributed by atoms with Gasteiger partial charge in [0.25, 0.3) is 11.1 Å². The Hall–Kier alpha value is -2.83. The Morgan fingerprint density at radius 2 is 1.52 bits per heavy atom. The van der Waals surface area contributed by atoms with Crippen LogP contribution in [0, 0.1) is 6.92 Å². The van der Waals surface area contributed by atoms with Gasteiger partial charge in [0.05, 0.1) is 0 Å². The molecule has 3 rings (SSSR count). The van der Waals surface area contributed by atoms with Gasteiger partial charge in [-0.3, -0.25) is 9.59 Å². The summed E-state index contributed by atoms with van der Waals surface area (Å²) in [6.45, 7) is 3.00. The molecule has 0 aliphatic rings. The molecule has 1 heterocycles. The van der Waals surface area contributed by atoms with Crippen LogP contribution in [0.25, 0.3) is 12.2 Å². The predicted octanol–water partition coefficient (Wildman–Crippen LogP) is 1.68. The largest absolute Gasteiger partial charge is 0.316 e. The fourth-order valence-electron chi connectivity index (χ4n) is 2.80. The Morgan fingerprint density at radius 1 is 0.897 bits per heavy atom. The topological polar surface area (TPSA) is 69.0 Å². The van der Waals surface area contributed by atoms with Crippen LogP contribution in [0.3, 0.4) is 0 Å². The maximum atomic E-state index is 12.4. The van der Waals surface area contributed by atoms with Crippen LogP contribution in [-0.4, -0.2) is 41.3 Å². The van der Waals surface area contributed by atoms with Crippen molar-refractivity contribution in [1.82, 2.24) is 14.9 Å². The SMILES string of the molecule is Cc1cccc(/C=c2\[nH]c(=O)/c(=C/c3ccc(SCCN(C)C)cc3)[nH]c2=O)c1. The fraction of sp³-hybridized carbons (Fsp3) is 0.217. The zero-order valence-corrected chi connectivity index (χ0v) is 17.7. The minimum Gasteiger partial charge on any atom is -0.316 e. The van der Waals surface area contributed by atoms with Crippen molar-refractivity contribution in [2.45, 2.75) is 11.8 Å². The van der Waals surface area contributed by atoms with E-state index in [4.69, 9.17) is 0 Å². The molecule has 1 aromatic heterocycles. The van der Waals surface area contributed by atoms with E-state index in [-0.39, 0.29) is 21.8 Å². The normalized spacial score (nSPS) is 12.7. The number of aromatic nitrogens is 2. The third kappa shape index (κ3) is 6.07. The summed E-state index contributed by atoms with van der Waals surface area (Å²) >= 11 is 1.79. The van der Waals surface area contributed by atoms with Gasteiger partial charge in [-0.05, 0) is 56.4 Å². The van der Waals surface area contributed by atoms with Crippen LogP contribution in [0.5, 0.6) is 0 Å². The second-order valence-electron chi connectivity index (χ2n) is 7.16. The zero-order valence-electron chi connectivity index (χ0n) is 16.9. The highest BCUT2D eigenvalue weighted by Crippen LogP contribution is 2.18. The van der Waals surface area contributed by atoms with E-state index in [0.29, 0.717) is 0 Å². The molecular weight excluding hydrogens is 382 g/mol. The highest BCUT2D eigenvalue weighted by atomic mass is 32.2. The van der Waals surface area contributed by atoms with Gasteiger partial charge in [0.1, 0.15) is 10.7 Å². The average Bonchev–Trinajstić information content (AvgIpc) is 2.67. The van der Waals surface area contributed by atoms with Crippen LogP contribution < -0.4 is 21.8 Å². The van der Waals surface area contributed by atoms with Gasteiger partial charge in [0.15, 0.2) is 0 Å². The third-order valence-corrected chi connectivity index (χ3v) is 5.33. The molecule has 0 aliphatic carbocycles. The van der Waals surface area contributed by atoms with E-state index in [9.17, 15) is 9.59 Å². The van der Waals surface area contributed by atoms with Crippen molar-refractivity contribution in [3.63, 3.8) is 0 Å². The van der Waals surface area contributed by atoms with E-state index in [2.05, 4.69) is 29.0 Å². The molecule has 29 heavy (non-hydrogen) atoms. The van der Waals surface area contributed by atoms with E-state index >= 15 is 0 Å². The van der Waals surface area contributed by atoms with Crippen molar-refractivity contribution in [2.24, 2.45) is 0 Å². The number of H-pyrrole nitrogens is 2. The molecule has 0 aliphatic heterocycles. The number of hydrogen-bond donors (Lipinski definition) is 2. The standard InChI is InChI=1S/C23H25N3O2S/c1-16-5-4-6-18(13-16)15-21-23(28)24-20(22(27)25-21)14-17-7-9-19(10-8-17)29-12-11-26(2)3/h4-10,13-15H,11-12H2,1-3H3,(H,24,28)(H,25,27)/b20-14-,21-15-. The number of thioether (sulfide) groups is 1. The van der Waals surface area contributed by atoms with Crippen molar-refractivity contribution in [1.29, 1.82) is 0 Å². The summed E-state index contributed by atoms with van der Waals surface area (Å²) in [4.78, 5) is 33.6. The molecule has 0 radical (unpaired) electrons. The summed E-state index contributed by atoms with van der Waals surface area (Å²) in [5.41, 5.74) is 2.16. The first-order valence-corrected chi connectivity index (χ1v) is 10.4. The van der Waals surface area contributed by atoms with Crippen LogP contribution in [0.2, 0.25) is 0 Å². The second-order valence-corrected chi connectivity index (χ2v) is 8.33. The maximum absolute atomic E-state index is 12.4. The van der Waals surface area contributed by atoms with E-state index in [1.54, 1.807) is 23.9 Å². The van der Waals surface area contributed by atoms with E-state index in [0.717, 1.165) is 29.0 Å². The lowest BCUT2D eigenvalue weighted by Crippen LogP contribution is -2.46. The third-order valence-electron chi connectivity index (χ3n) is 4.34. The van der Waals surface area contributed by atoms with Crippen molar-refractivity contribution in [2.75, 3.05) is 26.4 Å². The molecule has 0 saturated carbocycles. The first-order chi connectivity index (χ1) is 13.9. The van der Waals surface area contributed by atoms with Gasteiger partial charge in [-0.2, -0.15) is 0 Å². The molecule has 0 atom stereocenters. The molecule has 3 aromatic rings. The van der Waals surface area contributed by atoms with Gasteiger partial charge < -0.3 is 14.9 Å². The number of hydrogen-bond acceptors (Lipinski definition) is 4. The molecule has 0 bridgehead atoms. The van der Waals surface area contributed by atoms with Gasteiger partial charge >= 0.3 is 0 Å². The van der Waals surface area contributed by atoms with Gasteiger partial charge in [-0.25, -0.2) is 0 Å². The van der Waals surface area contributed by atoms with E-state index in [1.807, 2.05) is 55.5 Å². The highest BCUT2D eigenvalue weighted by molar-refractivity contribution is 7.99. The van der Waals surface area contributed by atoms with E-state index in [1.165, 1.54) is 4.90 Å². The van der Waals surface area contributed by atoms with Crippen molar-refractivity contribution in [3.8, 4) is 0 Å². The lowest BCUT2D eigenvalue weighted by molar-refractivity contribution is 0.437. The summed E-state index contributed by atoms with van der Waals surface area (Å²) in [5, 5.41) is 0.481. The Bertz CT molecular complexity index is 1210. The number of aryl methyl sites for hydroxylation is 1. The fourth-order valence-corrected chi connectivity index (χ4v) is 3.82. The smallest absolute Gasteiger partial charge is 0.272 e. The molecule has 6 heteroatoms. The zero-order chi connectivity index (χ0) is 20.8. The second kappa shape index (κ2) is 9.58. The first kappa shape index (κ1) is 20.9. The van der Waals surface area contributed by atoms with E-state index < -0.39 is 0 Å². The highest BCUT2D eigenvalue weighted by Gasteiger charge is 1.99. The lowest BCUT2D eigenvalue weighted by Gasteiger charge is -2.08. The monoisotopic (exact) mass is 407 g/mol. The van der Waals surface area contributed by atoms with Crippen LogP contribution in [0.15, 0.2) is 63.0 Å². The van der Waals surface area contributed by atoms with Crippen LogP contribution in [0.1, 0.15) is 16.7 Å². The van der Waals surface area contributed by atoms with Crippen molar-refractivity contribution < 1.29 is 0 Å².